The molecular formula is C13H19N5. The molecule has 2 rings (SSSR count). The van der Waals surface area contributed by atoms with Gasteiger partial charge in [0.1, 0.15) is 17.5 Å². The monoisotopic (exact) mass is 245 g/mol. The molecule has 0 unspecified atom stereocenters. The van der Waals surface area contributed by atoms with E-state index in [0.29, 0.717) is 0 Å². The zero-order valence-electron chi connectivity index (χ0n) is 11.1. The minimum absolute atomic E-state index is 0.734. The Hall–Kier alpha value is -1.91. The van der Waals surface area contributed by atoms with Crippen LogP contribution < -0.4 is 5.32 Å². The molecule has 5 nitrogen and oxygen atoms in total. The lowest BCUT2D eigenvalue weighted by Gasteiger charge is -2.07. The Balaban J connectivity index is 2.26. The van der Waals surface area contributed by atoms with E-state index in [0.717, 1.165) is 42.4 Å². The molecule has 0 saturated heterocycles. The Morgan fingerprint density at radius 2 is 2.17 bits per heavy atom. The highest BCUT2D eigenvalue weighted by atomic mass is 15.0. The number of hydrogen-bond donors (Lipinski definition) is 1. The maximum absolute atomic E-state index is 4.58. The Morgan fingerprint density at radius 3 is 2.78 bits per heavy atom. The number of aryl methyl sites for hydroxylation is 2. The largest absolute Gasteiger partial charge is 0.373 e. The maximum Gasteiger partial charge on any atom is 0.131 e. The molecule has 96 valence electrons. The number of imidazole rings is 1. The summed E-state index contributed by atoms with van der Waals surface area (Å²) in [6, 6.07) is 1.98. The summed E-state index contributed by atoms with van der Waals surface area (Å²) < 4.78 is 2.01. The normalized spacial score (nSPS) is 10.6. The van der Waals surface area contributed by atoms with Gasteiger partial charge in [-0.1, -0.05) is 6.92 Å². The third-order valence-corrected chi connectivity index (χ3v) is 2.82. The fourth-order valence-electron chi connectivity index (χ4n) is 1.84. The van der Waals surface area contributed by atoms with Gasteiger partial charge in [-0.2, -0.15) is 0 Å². The molecule has 0 spiro atoms. The van der Waals surface area contributed by atoms with Gasteiger partial charge in [-0.15, -0.1) is 0 Å². The molecule has 0 atom stereocenters. The van der Waals surface area contributed by atoms with E-state index in [1.54, 1.807) is 0 Å². The van der Waals surface area contributed by atoms with E-state index in [1.165, 1.54) is 0 Å². The van der Waals surface area contributed by atoms with Gasteiger partial charge in [0.15, 0.2) is 0 Å². The van der Waals surface area contributed by atoms with E-state index < -0.39 is 0 Å². The van der Waals surface area contributed by atoms with Gasteiger partial charge in [-0.25, -0.2) is 15.0 Å². The number of nitrogens with zero attached hydrogens (tertiary/aromatic N) is 4. The van der Waals surface area contributed by atoms with Crippen molar-refractivity contribution in [3.63, 3.8) is 0 Å². The SMILES string of the molecule is CCCc1nc(Cc2nccn2C)cc(NC)n1. The molecule has 0 bridgehead atoms. The number of aromatic nitrogens is 4. The summed E-state index contributed by atoms with van der Waals surface area (Å²) in [7, 11) is 3.87. The van der Waals surface area contributed by atoms with Crippen LogP contribution in [0.25, 0.3) is 0 Å². The molecule has 2 aromatic rings. The second-order valence-electron chi connectivity index (χ2n) is 4.29. The molecule has 0 aliphatic carbocycles. The van der Waals surface area contributed by atoms with Gasteiger partial charge in [0.05, 0.1) is 5.69 Å². The zero-order chi connectivity index (χ0) is 13.0. The minimum atomic E-state index is 0.734. The van der Waals surface area contributed by atoms with Crippen LogP contribution in [0.3, 0.4) is 0 Å². The zero-order valence-corrected chi connectivity index (χ0v) is 11.1. The van der Waals surface area contributed by atoms with Crippen LogP contribution in [-0.4, -0.2) is 26.6 Å². The fourth-order valence-corrected chi connectivity index (χ4v) is 1.84. The van der Waals surface area contributed by atoms with Gasteiger partial charge in [0.25, 0.3) is 0 Å². The van der Waals surface area contributed by atoms with Gasteiger partial charge in [-0.3, -0.25) is 0 Å². The lowest BCUT2D eigenvalue weighted by Crippen LogP contribution is -2.06. The van der Waals surface area contributed by atoms with Crippen molar-refractivity contribution in [1.82, 2.24) is 19.5 Å². The first kappa shape index (κ1) is 12.5. The highest BCUT2D eigenvalue weighted by Crippen LogP contribution is 2.11. The molecule has 0 amide bonds. The van der Waals surface area contributed by atoms with Crippen LogP contribution in [0.1, 0.15) is 30.7 Å². The molecule has 0 saturated carbocycles. The molecule has 0 fully saturated rings. The Bertz CT molecular complexity index is 518. The van der Waals surface area contributed by atoms with Crippen LogP contribution in [-0.2, 0) is 19.9 Å². The average molecular weight is 245 g/mol. The molecule has 0 aliphatic rings. The van der Waals surface area contributed by atoms with Crippen LogP contribution in [0.2, 0.25) is 0 Å². The van der Waals surface area contributed by atoms with Crippen molar-refractivity contribution >= 4 is 5.82 Å². The van der Waals surface area contributed by atoms with Crippen molar-refractivity contribution in [3.05, 3.63) is 35.8 Å². The summed E-state index contributed by atoms with van der Waals surface area (Å²) >= 11 is 0. The summed E-state index contributed by atoms with van der Waals surface area (Å²) in [5.41, 5.74) is 1.01. The van der Waals surface area contributed by atoms with E-state index in [2.05, 4.69) is 27.2 Å². The molecule has 18 heavy (non-hydrogen) atoms. The van der Waals surface area contributed by atoms with E-state index in [1.807, 2.05) is 37.1 Å². The molecule has 0 aliphatic heterocycles. The summed E-state index contributed by atoms with van der Waals surface area (Å²) in [5, 5.41) is 3.08. The van der Waals surface area contributed by atoms with Crippen molar-refractivity contribution < 1.29 is 0 Å². The third kappa shape index (κ3) is 2.85. The summed E-state index contributed by atoms with van der Waals surface area (Å²) in [4.78, 5) is 13.4. The number of nitrogens with one attached hydrogen (secondary N) is 1. The number of rotatable bonds is 5. The van der Waals surface area contributed by atoms with Crippen LogP contribution in [0.5, 0.6) is 0 Å². The van der Waals surface area contributed by atoms with Crippen molar-refractivity contribution in [2.24, 2.45) is 7.05 Å². The van der Waals surface area contributed by atoms with Gasteiger partial charge in [0, 0.05) is 45.4 Å². The van der Waals surface area contributed by atoms with Crippen LogP contribution in [0, 0.1) is 0 Å². The smallest absolute Gasteiger partial charge is 0.131 e. The van der Waals surface area contributed by atoms with E-state index in [4.69, 9.17) is 0 Å². The number of hydrogen-bond acceptors (Lipinski definition) is 4. The van der Waals surface area contributed by atoms with Gasteiger partial charge >= 0.3 is 0 Å². The van der Waals surface area contributed by atoms with Crippen LogP contribution in [0.15, 0.2) is 18.5 Å². The quantitative estimate of drug-likeness (QED) is 0.872. The van der Waals surface area contributed by atoms with Crippen molar-refractivity contribution in [2.45, 2.75) is 26.2 Å². The minimum Gasteiger partial charge on any atom is -0.373 e. The molecule has 0 aromatic carbocycles. The van der Waals surface area contributed by atoms with Crippen LogP contribution in [0.4, 0.5) is 5.82 Å². The molecule has 2 heterocycles. The highest BCUT2D eigenvalue weighted by Gasteiger charge is 2.07. The molecule has 0 radical (unpaired) electrons. The first-order valence-electron chi connectivity index (χ1n) is 6.23. The molecule has 2 aromatic heterocycles. The third-order valence-electron chi connectivity index (χ3n) is 2.82. The first-order chi connectivity index (χ1) is 8.72. The summed E-state index contributed by atoms with van der Waals surface area (Å²) in [6.07, 6.45) is 6.44. The van der Waals surface area contributed by atoms with Crippen LogP contribution >= 0.6 is 0 Å². The summed E-state index contributed by atoms with van der Waals surface area (Å²) in [6.45, 7) is 2.13. The average Bonchev–Trinajstić information content (AvgIpc) is 2.75. The first-order valence-corrected chi connectivity index (χ1v) is 6.23. The Morgan fingerprint density at radius 1 is 1.33 bits per heavy atom. The number of anilines is 1. The lowest BCUT2D eigenvalue weighted by atomic mass is 10.2. The second kappa shape index (κ2) is 5.62. The van der Waals surface area contributed by atoms with E-state index in [9.17, 15) is 0 Å². The lowest BCUT2D eigenvalue weighted by molar-refractivity contribution is 0.784. The Kier molecular flexibility index (Phi) is 3.92. The molecular weight excluding hydrogens is 226 g/mol. The van der Waals surface area contributed by atoms with Crippen molar-refractivity contribution in [1.29, 1.82) is 0 Å². The Labute approximate surface area is 107 Å². The highest BCUT2D eigenvalue weighted by molar-refractivity contribution is 5.36. The van der Waals surface area contributed by atoms with Gasteiger partial charge < -0.3 is 9.88 Å². The van der Waals surface area contributed by atoms with E-state index in [-0.39, 0.29) is 0 Å². The fraction of sp³-hybridized carbons (Fsp3) is 0.462. The van der Waals surface area contributed by atoms with E-state index >= 15 is 0 Å². The summed E-state index contributed by atoms with van der Waals surface area (Å²) in [5.74, 6) is 2.78. The topological polar surface area (TPSA) is 55.6 Å². The van der Waals surface area contributed by atoms with Crippen molar-refractivity contribution in [2.75, 3.05) is 12.4 Å². The molecule has 1 N–H and O–H groups in total. The van der Waals surface area contributed by atoms with Gasteiger partial charge in [-0.05, 0) is 6.42 Å². The maximum atomic E-state index is 4.58. The predicted molar refractivity (Wildman–Crippen MR) is 71.6 cm³/mol. The molecule has 5 heteroatoms. The van der Waals surface area contributed by atoms with Crippen molar-refractivity contribution in [3.8, 4) is 0 Å². The predicted octanol–water partition coefficient (Wildman–Crippen LogP) is 1.80. The second-order valence-corrected chi connectivity index (χ2v) is 4.29. The van der Waals surface area contributed by atoms with Gasteiger partial charge in [0.2, 0.25) is 0 Å². The standard InChI is InChI=1S/C13H19N5/c1-4-5-11-16-10(8-12(14-2)17-11)9-13-15-6-7-18(13)3/h6-8H,4-5,9H2,1-3H3,(H,14,16,17).